The third kappa shape index (κ3) is 4.61. The summed E-state index contributed by atoms with van der Waals surface area (Å²) in [4.78, 5) is 23.9. The second-order valence-corrected chi connectivity index (χ2v) is 8.15. The minimum absolute atomic E-state index is 0.0262. The average molecular weight is 435 g/mol. The number of likely N-dealkylation sites (N-methyl/N-ethyl adjacent to an activating group) is 1. The largest absolute Gasteiger partial charge is 0.494 e. The predicted molar refractivity (Wildman–Crippen MR) is 124 cm³/mol. The number of fused-ring (bicyclic) bond motifs is 1. The lowest BCUT2D eigenvalue weighted by atomic mass is 10.2. The summed E-state index contributed by atoms with van der Waals surface area (Å²) in [6.07, 6.45) is 0.274. The van der Waals surface area contributed by atoms with Crippen molar-refractivity contribution >= 4 is 28.3 Å². The molecular weight excluding hydrogens is 408 g/mol. The molecule has 1 amide bonds. The van der Waals surface area contributed by atoms with E-state index in [0.717, 1.165) is 45.4 Å². The van der Waals surface area contributed by atoms with Gasteiger partial charge in [-0.2, -0.15) is 0 Å². The van der Waals surface area contributed by atoms with Crippen molar-refractivity contribution in [3.05, 3.63) is 65.4 Å². The van der Waals surface area contributed by atoms with E-state index in [1.165, 1.54) is 0 Å². The number of carbonyl (C=O) groups excluding carboxylic acids is 1. The molecule has 0 fully saturated rings. The van der Waals surface area contributed by atoms with Gasteiger partial charge in [0.2, 0.25) is 5.91 Å². The molecule has 0 spiro atoms. The Morgan fingerprint density at radius 1 is 1.10 bits per heavy atom. The van der Waals surface area contributed by atoms with Gasteiger partial charge in [-0.05, 0) is 50.2 Å². The number of ether oxygens (including phenoxy) is 1. The fourth-order valence-electron chi connectivity index (χ4n) is 3.57. The monoisotopic (exact) mass is 434 g/mol. The van der Waals surface area contributed by atoms with Crippen LogP contribution in [0.25, 0.3) is 21.6 Å². The second-order valence-electron chi connectivity index (χ2n) is 7.29. The zero-order valence-corrected chi connectivity index (χ0v) is 18.9. The van der Waals surface area contributed by atoms with Crippen LogP contribution in [0.5, 0.6) is 5.75 Å². The van der Waals surface area contributed by atoms with Gasteiger partial charge in [-0.1, -0.05) is 12.1 Å². The number of aromatic nitrogens is 3. The van der Waals surface area contributed by atoms with Crippen molar-refractivity contribution in [2.75, 3.05) is 13.7 Å². The highest BCUT2D eigenvalue weighted by atomic mass is 32.1. The molecule has 0 aliphatic heterocycles. The summed E-state index contributed by atoms with van der Waals surface area (Å²) in [6.45, 7) is 5.99. The molecule has 31 heavy (non-hydrogen) atoms. The Kier molecular flexibility index (Phi) is 6.32. The highest BCUT2D eigenvalue weighted by molar-refractivity contribution is 7.13. The first-order chi connectivity index (χ1) is 15.1. The normalized spacial score (nSPS) is 11.1. The summed E-state index contributed by atoms with van der Waals surface area (Å²) in [5.41, 5.74) is 3.87. The average Bonchev–Trinajstić information content (AvgIpc) is 3.38. The molecule has 4 aromatic rings. The third-order valence-electron chi connectivity index (χ3n) is 5.15. The van der Waals surface area contributed by atoms with Crippen LogP contribution in [0.4, 0.5) is 0 Å². The Morgan fingerprint density at radius 3 is 2.61 bits per heavy atom. The molecule has 2 aromatic heterocycles. The van der Waals surface area contributed by atoms with Gasteiger partial charge < -0.3 is 14.2 Å². The van der Waals surface area contributed by atoms with Crippen LogP contribution in [0.3, 0.4) is 0 Å². The van der Waals surface area contributed by atoms with E-state index < -0.39 is 0 Å². The smallest absolute Gasteiger partial charge is 0.228 e. The molecule has 0 aliphatic carbocycles. The lowest BCUT2D eigenvalue weighted by Gasteiger charge is -2.17. The van der Waals surface area contributed by atoms with Crippen molar-refractivity contribution in [2.24, 2.45) is 0 Å². The Hall–Kier alpha value is -3.19. The minimum Gasteiger partial charge on any atom is -0.494 e. The summed E-state index contributed by atoms with van der Waals surface area (Å²) in [5.74, 6) is 1.77. The molecule has 0 unspecified atom stereocenters. The van der Waals surface area contributed by atoms with E-state index in [1.807, 2.05) is 61.8 Å². The molecule has 0 aliphatic rings. The number of rotatable bonds is 8. The molecule has 7 heteroatoms. The van der Waals surface area contributed by atoms with Crippen LogP contribution in [-0.4, -0.2) is 39.0 Å². The van der Waals surface area contributed by atoms with Gasteiger partial charge in [0.05, 0.1) is 36.3 Å². The van der Waals surface area contributed by atoms with Gasteiger partial charge in [-0.25, -0.2) is 9.97 Å². The summed E-state index contributed by atoms with van der Waals surface area (Å²) < 4.78 is 7.65. The first kappa shape index (κ1) is 21.1. The number of hydrogen-bond acceptors (Lipinski definition) is 5. The van der Waals surface area contributed by atoms with Crippen molar-refractivity contribution in [1.82, 2.24) is 19.4 Å². The summed E-state index contributed by atoms with van der Waals surface area (Å²) >= 11 is 1.55. The molecule has 0 atom stereocenters. The lowest BCUT2D eigenvalue weighted by Crippen LogP contribution is -2.29. The van der Waals surface area contributed by atoms with Crippen LogP contribution in [-0.2, 0) is 24.3 Å². The number of benzene rings is 2. The number of nitrogens with zero attached hydrogens (tertiary/aromatic N) is 4. The summed E-state index contributed by atoms with van der Waals surface area (Å²) in [7, 11) is 1.82. The highest BCUT2D eigenvalue weighted by Gasteiger charge is 2.17. The molecule has 6 nitrogen and oxygen atoms in total. The number of amides is 1. The van der Waals surface area contributed by atoms with Crippen molar-refractivity contribution in [1.29, 1.82) is 0 Å². The van der Waals surface area contributed by atoms with Crippen molar-refractivity contribution in [3.63, 3.8) is 0 Å². The van der Waals surface area contributed by atoms with Gasteiger partial charge in [0.25, 0.3) is 0 Å². The third-order valence-corrected chi connectivity index (χ3v) is 6.09. The van der Waals surface area contributed by atoms with Crippen LogP contribution in [0.15, 0.2) is 53.9 Å². The number of imidazole rings is 1. The van der Waals surface area contributed by atoms with Crippen LogP contribution in [0.1, 0.15) is 25.4 Å². The Morgan fingerprint density at radius 2 is 1.87 bits per heavy atom. The van der Waals surface area contributed by atoms with E-state index in [-0.39, 0.29) is 12.3 Å². The molecule has 0 saturated heterocycles. The van der Waals surface area contributed by atoms with Crippen molar-refractivity contribution < 1.29 is 9.53 Å². The van der Waals surface area contributed by atoms with Gasteiger partial charge in [0.1, 0.15) is 16.6 Å². The first-order valence-electron chi connectivity index (χ1n) is 10.4. The fraction of sp³-hybridized carbons (Fsp3) is 0.292. The molecular formula is C24H26N4O2S. The number of hydrogen-bond donors (Lipinski definition) is 0. The number of thiazole rings is 1. The second kappa shape index (κ2) is 9.31. The van der Waals surface area contributed by atoms with E-state index >= 15 is 0 Å². The zero-order chi connectivity index (χ0) is 21.8. The quantitative estimate of drug-likeness (QED) is 0.400. The highest BCUT2D eigenvalue weighted by Crippen LogP contribution is 2.26. The molecule has 0 saturated carbocycles. The van der Waals surface area contributed by atoms with Crippen LogP contribution in [0, 0.1) is 0 Å². The molecule has 0 N–H and O–H groups in total. The minimum atomic E-state index is 0.0262. The maximum atomic E-state index is 12.8. The van der Waals surface area contributed by atoms with E-state index in [1.54, 1.807) is 16.2 Å². The van der Waals surface area contributed by atoms with Gasteiger partial charge in [0.15, 0.2) is 0 Å². The number of aryl methyl sites for hydroxylation is 1. The summed E-state index contributed by atoms with van der Waals surface area (Å²) in [5, 5.41) is 2.86. The number of para-hydroxylation sites is 2. The molecule has 0 radical (unpaired) electrons. The Bertz CT molecular complexity index is 1180. The Balaban J connectivity index is 1.43. The summed E-state index contributed by atoms with van der Waals surface area (Å²) in [6, 6.07) is 15.9. The van der Waals surface area contributed by atoms with Gasteiger partial charge >= 0.3 is 0 Å². The van der Waals surface area contributed by atoms with Gasteiger partial charge in [-0.3, -0.25) is 4.79 Å². The Labute approximate surface area is 186 Å². The van der Waals surface area contributed by atoms with Crippen LogP contribution in [0.2, 0.25) is 0 Å². The SMILES string of the molecule is CCOc1ccc(-c2nc(CC(=O)N(C)Cc3nc4ccccc4n3CC)cs2)cc1. The molecule has 4 rings (SSSR count). The first-order valence-corrected chi connectivity index (χ1v) is 11.3. The van der Waals surface area contributed by atoms with Crippen LogP contribution >= 0.6 is 11.3 Å². The van der Waals surface area contributed by atoms with Crippen molar-refractivity contribution in [3.8, 4) is 16.3 Å². The van der Waals surface area contributed by atoms with Gasteiger partial charge in [-0.15, -0.1) is 11.3 Å². The van der Waals surface area contributed by atoms with E-state index in [9.17, 15) is 4.79 Å². The van der Waals surface area contributed by atoms with Crippen LogP contribution < -0.4 is 4.74 Å². The molecule has 2 heterocycles. The molecule has 2 aromatic carbocycles. The lowest BCUT2D eigenvalue weighted by molar-refractivity contribution is -0.129. The maximum absolute atomic E-state index is 12.8. The topological polar surface area (TPSA) is 60.2 Å². The van der Waals surface area contributed by atoms with E-state index in [4.69, 9.17) is 9.72 Å². The molecule has 0 bridgehead atoms. The van der Waals surface area contributed by atoms with Gasteiger partial charge in [0, 0.05) is 24.5 Å². The number of carbonyl (C=O) groups is 1. The van der Waals surface area contributed by atoms with E-state index in [0.29, 0.717) is 13.2 Å². The van der Waals surface area contributed by atoms with Crippen molar-refractivity contribution in [2.45, 2.75) is 33.4 Å². The maximum Gasteiger partial charge on any atom is 0.228 e. The predicted octanol–water partition coefficient (Wildman–Crippen LogP) is 4.78. The van der Waals surface area contributed by atoms with E-state index in [2.05, 4.69) is 22.5 Å². The molecule has 160 valence electrons. The fourth-order valence-corrected chi connectivity index (χ4v) is 4.40. The standard InChI is InChI=1S/C24H26N4O2S/c1-4-28-21-9-7-6-8-20(21)26-22(28)15-27(3)23(29)14-18-16-31-24(25-18)17-10-12-19(13-11-17)30-5-2/h6-13,16H,4-5,14-15H2,1-3H3. The zero-order valence-electron chi connectivity index (χ0n) is 18.0.